The summed E-state index contributed by atoms with van der Waals surface area (Å²) >= 11 is 0. The average molecular weight is 293 g/mol. The van der Waals surface area contributed by atoms with E-state index in [0.717, 1.165) is 25.9 Å². The fraction of sp³-hybridized carbons (Fsp3) is 0.562. The Kier molecular flexibility index (Phi) is 6.02. The van der Waals surface area contributed by atoms with Crippen LogP contribution in [0, 0.1) is 0 Å². The molecule has 0 saturated carbocycles. The van der Waals surface area contributed by atoms with E-state index in [4.69, 9.17) is 14.9 Å². The summed E-state index contributed by atoms with van der Waals surface area (Å²) in [6, 6.07) is 7.13. The zero-order valence-corrected chi connectivity index (χ0v) is 12.2. The zero-order valence-electron chi connectivity index (χ0n) is 12.2. The number of hydrogen-bond donors (Lipinski definition) is 2. The van der Waals surface area contributed by atoms with Crippen LogP contribution in [0.15, 0.2) is 24.3 Å². The number of carboxylic acids is 1. The van der Waals surface area contributed by atoms with Crippen molar-refractivity contribution in [2.75, 3.05) is 26.3 Å². The second-order valence-corrected chi connectivity index (χ2v) is 5.38. The van der Waals surface area contributed by atoms with E-state index in [1.165, 1.54) is 12.8 Å². The first-order valence-electron chi connectivity index (χ1n) is 7.52. The van der Waals surface area contributed by atoms with Gasteiger partial charge in [0.2, 0.25) is 0 Å². The number of carbonyl (C=O) groups is 1. The summed E-state index contributed by atoms with van der Waals surface area (Å²) in [4.78, 5) is 13.3. The molecule has 1 saturated heterocycles. The van der Waals surface area contributed by atoms with Gasteiger partial charge in [-0.25, -0.2) is 4.79 Å². The molecule has 21 heavy (non-hydrogen) atoms. The molecular weight excluding hydrogens is 270 g/mol. The van der Waals surface area contributed by atoms with Crippen molar-refractivity contribution in [2.45, 2.75) is 31.7 Å². The fourth-order valence-electron chi connectivity index (χ4n) is 2.84. The van der Waals surface area contributed by atoms with Gasteiger partial charge in [0.15, 0.2) is 0 Å². The highest BCUT2D eigenvalue weighted by atomic mass is 16.5. The summed E-state index contributed by atoms with van der Waals surface area (Å²) in [5.41, 5.74) is 0.245. The first kappa shape index (κ1) is 15.8. The van der Waals surface area contributed by atoms with Crippen LogP contribution < -0.4 is 4.74 Å². The van der Waals surface area contributed by atoms with Crippen LogP contribution in [0.4, 0.5) is 0 Å². The van der Waals surface area contributed by atoms with Crippen molar-refractivity contribution in [3.63, 3.8) is 0 Å². The Morgan fingerprint density at radius 2 is 2.29 bits per heavy atom. The number of nitrogens with zero attached hydrogens (tertiary/aromatic N) is 1. The number of carboxylic acid groups (broad SMARTS) is 1. The maximum atomic E-state index is 10.9. The molecule has 5 heteroatoms. The Bertz CT molecular complexity index is 463. The number of likely N-dealkylation sites (tertiary alicyclic amines) is 1. The van der Waals surface area contributed by atoms with Crippen molar-refractivity contribution in [1.29, 1.82) is 0 Å². The average Bonchev–Trinajstić information content (AvgIpc) is 2.93. The molecule has 1 unspecified atom stereocenters. The Labute approximate surface area is 125 Å². The van der Waals surface area contributed by atoms with Crippen molar-refractivity contribution >= 4 is 5.97 Å². The third kappa shape index (κ3) is 4.72. The van der Waals surface area contributed by atoms with Crippen LogP contribution in [-0.4, -0.2) is 53.4 Å². The lowest BCUT2D eigenvalue weighted by molar-refractivity contribution is 0.0696. The SMILES string of the molecule is O=C(O)c1cccc(OCCN2CCCC2CCCO)c1. The molecule has 116 valence electrons. The van der Waals surface area contributed by atoms with E-state index < -0.39 is 5.97 Å². The minimum absolute atomic E-state index is 0.245. The summed E-state index contributed by atoms with van der Waals surface area (Å²) in [5.74, 6) is -0.343. The molecule has 1 fully saturated rings. The first-order valence-corrected chi connectivity index (χ1v) is 7.52. The van der Waals surface area contributed by atoms with E-state index in [9.17, 15) is 4.79 Å². The van der Waals surface area contributed by atoms with E-state index in [0.29, 0.717) is 18.4 Å². The Hall–Kier alpha value is -1.59. The van der Waals surface area contributed by atoms with Crippen LogP contribution >= 0.6 is 0 Å². The van der Waals surface area contributed by atoms with E-state index in [2.05, 4.69) is 4.90 Å². The molecule has 1 aliphatic heterocycles. The molecule has 0 spiro atoms. The Balaban J connectivity index is 1.78. The number of rotatable bonds is 8. The molecule has 0 bridgehead atoms. The number of benzene rings is 1. The molecule has 0 radical (unpaired) electrons. The molecular formula is C16H23NO4. The minimum atomic E-state index is -0.941. The maximum absolute atomic E-state index is 10.9. The van der Waals surface area contributed by atoms with Crippen molar-refractivity contribution in [3.8, 4) is 5.75 Å². The van der Waals surface area contributed by atoms with Gasteiger partial charge in [-0.05, 0) is 50.4 Å². The molecule has 1 aromatic carbocycles. The molecule has 1 aliphatic rings. The zero-order chi connectivity index (χ0) is 15.1. The molecule has 5 nitrogen and oxygen atoms in total. The van der Waals surface area contributed by atoms with Crippen molar-refractivity contribution < 1.29 is 19.7 Å². The van der Waals surface area contributed by atoms with Crippen molar-refractivity contribution in [1.82, 2.24) is 4.90 Å². The second-order valence-electron chi connectivity index (χ2n) is 5.38. The number of aliphatic hydroxyl groups is 1. The summed E-state index contributed by atoms with van der Waals surface area (Å²) in [7, 11) is 0. The van der Waals surface area contributed by atoms with Gasteiger partial charge in [0, 0.05) is 19.2 Å². The van der Waals surface area contributed by atoms with Gasteiger partial charge in [-0.2, -0.15) is 0 Å². The third-order valence-corrected chi connectivity index (χ3v) is 3.92. The molecule has 2 N–H and O–H groups in total. The van der Waals surface area contributed by atoms with Crippen LogP contribution in [0.3, 0.4) is 0 Å². The molecule has 2 rings (SSSR count). The predicted octanol–water partition coefficient (Wildman–Crippen LogP) is 2.00. The summed E-state index contributed by atoms with van der Waals surface area (Å²) in [5, 5.41) is 17.9. The Morgan fingerprint density at radius 1 is 1.43 bits per heavy atom. The van der Waals surface area contributed by atoms with E-state index in [-0.39, 0.29) is 12.2 Å². The van der Waals surface area contributed by atoms with Gasteiger partial charge in [0.05, 0.1) is 5.56 Å². The van der Waals surface area contributed by atoms with E-state index in [1.54, 1.807) is 24.3 Å². The van der Waals surface area contributed by atoms with Crippen LogP contribution in [0.1, 0.15) is 36.0 Å². The van der Waals surface area contributed by atoms with Crippen LogP contribution in [-0.2, 0) is 0 Å². The third-order valence-electron chi connectivity index (χ3n) is 3.92. The number of ether oxygens (including phenoxy) is 1. The van der Waals surface area contributed by atoms with Crippen molar-refractivity contribution in [2.24, 2.45) is 0 Å². The molecule has 1 atom stereocenters. The number of aromatic carboxylic acids is 1. The van der Waals surface area contributed by atoms with Gasteiger partial charge in [0.1, 0.15) is 12.4 Å². The highest BCUT2D eigenvalue weighted by Crippen LogP contribution is 2.21. The number of hydrogen-bond acceptors (Lipinski definition) is 4. The summed E-state index contributed by atoms with van der Waals surface area (Å²) in [6.07, 6.45) is 4.27. The lowest BCUT2D eigenvalue weighted by atomic mass is 10.1. The predicted molar refractivity (Wildman–Crippen MR) is 79.8 cm³/mol. The maximum Gasteiger partial charge on any atom is 0.335 e. The fourth-order valence-corrected chi connectivity index (χ4v) is 2.84. The highest BCUT2D eigenvalue weighted by Gasteiger charge is 2.23. The van der Waals surface area contributed by atoms with Crippen LogP contribution in [0.25, 0.3) is 0 Å². The van der Waals surface area contributed by atoms with Crippen LogP contribution in [0.2, 0.25) is 0 Å². The number of aliphatic hydroxyl groups excluding tert-OH is 1. The van der Waals surface area contributed by atoms with Crippen molar-refractivity contribution in [3.05, 3.63) is 29.8 Å². The lowest BCUT2D eigenvalue weighted by Crippen LogP contribution is -2.33. The topological polar surface area (TPSA) is 70.0 Å². The van der Waals surface area contributed by atoms with Gasteiger partial charge in [-0.15, -0.1) is 0 Å². The van der Waals surface area contributed by atoms with E-state index >= 15 is 0 Å². The summed E-state index contributed by atoms with van der Waals surface area (Å²) in [6.45, 7) is 2.73. The second kappa shape index (κ2) is 8.00. The van der Waals surface area contributed by atoms with Gasteiger partial charge >= 0.3 is 5.97 Å². The largest absolute Gasteiger partial charge is 0.492 e. The monoisotopic (exact) mass is 293 g/mol. The molecule has 0 aromatic heterocycles. The standard InChI is InChI=1S/C16H23NO4/c18-10-3-6-14-5-2-8-17(14)9-11-21-15-7-1-4-13(12-15)16(19)20/h1,4,7,12,14,18H,2-3,5-6,8-11H2,(H,19,20). The Morgan fingerprint density at radius 3 is 3.05 bits per heavy atom. The van der Waals surface area contributed by atoms with Gasteiger partial charge in [-0.3, -0.25) is 4.90 Å². The normalized spacial score (nSPS) is 18.8. The van der Waals surface area contributed by atoms with E-state index in [1.807, 2.05) is 0 Å². The van der Waals surface area contributed by atoms with Gasteiger partial charge in [0.25, 0.3) is 0 Å². The molecule has 0 aliphatic carbocycles. The minimum Gasteiger partial charge on any atom is -0.492 e. The summed E-state index contributed by atoms with van der Waals surface area (Å²) < 4.78 is 5.66. The van der Waals surface area contributed by atoms with Crippen LogP contribution in [0.5, 0.6) is 5.75 Å². The quantitative estimate of drug-likeness (QED) is 0.767. The smallest absolute Gasteiger partial charge is 0.335 e. The van der Waals surface area contributed by atoms with Gasteiger partial charge in [-0.1, -0.05) is 6.07 Å². The molecule has 1 aromatic rings. The highest BCUT2D eigenvalue weighted by molar-refractivity contribution is 5.87. The molecule has 1 heterocycles. The first-order chi connectivity index (χ1) is 10.2. The lowest BCUT2D eigenvalue weighted by Gasteiger charge is -2.24. The molecule has 0 amide bonds. The van der Waals surface area contributed by atoms with Gasteiger partial charge < -0.3 is 14.9 Å².